The zero-order valence-electron chi connectivity index (χ0n) is 23.5. The highest BCUT2D eigenvalue weighted by Gasteiger charge is 2.21. The number of aryl methyl sites for hydroxylation is 1. The van der Waals surface area contributed by atoms with Gasteiger partial charge in [-0.15, -0.1) is 0 Å². The Morgan fingerprint density at radius 3 is 2.62 bits per heavy atom. The Labute approximate surface area is 248 Å². The molecule has 1 aliphatic heterocycles. The average molecular weight is 587 g/mol. The van der Waals surface area contributed by atoms with Crippen LogP contribution in [0.5, 0.6) is 5.88 Å². The minimum Gasteiger partial charge on any atom is -0.481 e. The number of benzene rings is 2. The molecule has 0 bridgehead atoms. The van der Waals surface area contributed by atoms with E-state index in [1.807, 2.05) is 49.4 Å². The Balaban J connectivity index is 1.38. The number of aromatic nitrogens is 3. The second-order valence-electron chi connectivity index (χ2n) is 10.1. The number of anilines is 1. The minimum atomic E-state index is -0.517. The predicted molar refractivity (Wildman–Crippen MR) is 162 cm³/mol. The lowest BCUT2D eigenvalue weighted by molar-refractivity contribution is -0.119. The third-order valence-electron chi connectivity index (χ3n) is 7.32. The number of hydrogen-bond acceptors (Lipinski definition) is 7. The second kappa shape index (κ2) is 12.5. The van der Waals surface area contributed by atoms with Crippen LogP contribution in [0.25, 0.3) is 22.4 Å². The van der Waals surface area contributed by atoms with Crippen molar-refractivity contribution in [3.63, 3.8) is 0 Å². The van der Waals surface area contributed by atoms with E-state index in [4.69, 9.17) is 21.3 Å². The number of methoxy groups -OCH3 is 1. The third kappa shape index (κ3) is 6.05. The molecule has 1 fully saturated rings. The molecule has 1 atom stereocenters. The molecule has 0 saturated carbocycles. The molecular weight excluding hydrogens is 556 g/mol. The molecule has 5 rings (SSSR count). The van der Waals surface area contributed by atoms with Gasteiger partial charge in [-0.05, 0) is 42.7 Å². The number of amides is 2. The summed E-state index contributed by atoms with van der Waals surface area (Å²) in [5, 5.41) is 13.5. The minimum absolute atomic E-state index is 0.00121. The highest BCUT2D eigenvalue weighted by Crippen LogP contribution is 2.39. The van der Waals surface area contributed by atoms with Crippen molar-refractivity contribution in [3.8, 4) is 28.3 Å². The molecule has 0 aliphatic carbocycles. The lowest BCUT2D eigenvalue weighted by Crippen LogP contribution is -2.35. The number of nitrogens with one attached hydrogen (secondary N) is 3. The van der Waals surface area contributed by atoms with E-state index in [-0.39, 0.29) is 17.5 Å². The quantitative estimate of drug-likeness (QED) is 0.269. The monoisotopic (exact) mass is 586 g/mol. The van der Waals surface area contributed by atoms with Crippen molar-refractivity contribution < 1.29 is 14.3 Å². The van der Waals surface area contributed by atoms with Crippen molar-refractivity contribution in [1.29, 1.82) is 0 Å². The molecule has 0 unspecified atom stereocenters. The molecule has 0 spiro atoms. The predicted octanol–water partition coefficient (Wildman–Crippen LogP) is 4.10. The number of carbonyl (C=O) groups excluding carboxylic acids is 2. The molecule has 3 N–H and O–H groups in total. The van der Waals surface area contributed by atoms with Gasteiger partial charge in [-0.1, -0.05) is 48.0 Å². The summed E-state index contributed by atoms with van der Waals surface area (Å²) in [6.45, 7) is 3.10. The van der Waals surface area contributed by atoms with Crippen molar-refractivity contribution in [2.75, 3.05) is 19.0 Å². The van der Waals surface area contributed by atoms with Gasteiger partial charge in [0.05, 0.1) is 17.8 Å². The van der Waals surface area contributed by atoms with Gasteiger partial charge >= 0.3 is 0 Å². The molecule has 4 aromatic rings. The highest BCUT2D eigenvalue weighted by atomic mass is 35.5. The Kier molecular flexibility index (Phi) is 8.65. The standard InChI is InChI=1S/C31H31ClN6O4/c1-18-21(6-5-9-25(18)36-29(40)24-14-15-34-38(2)31(24)41)22-7-4-8-23(28(22)32)26-12-10-19(30(37-26)42-3)16-33-17-20-11-13-27(39)35-20/h4-10,12,14-15,20,33H,11,13,16-17H2,1-3H3,(H,35,39)(H,36,40)/t20-/m0/s1. The van der Waals surface area contributed by atoms with Gasteiger partial charge in [0.25, 0.3) is 11.5 Å². The number of ether oxygens (including phenoxy) is 1. The summed E-state index contributed by atoms with van der Waals surface area (Å²) in [7, 11) is 3.07. The maximum atomic E-state index is 12.9. The number of nitrogens with zero attached hydrogens (tertiary/aromatic N) is 3. The van der Waals surface area contributed by atoms with E-state index in [0.717, 1.165) is 38.9 Å². The smallest absolute Gasteiger partial charge is 0.279 e. The van der Waals surface area contributed by atoms with Gasteiger partial charge in [-0.25, -0.2) is 9.67 Å². The van der Waals surface area contributed by atoms with E-state index in [1.54, 1.807) is 13.2 Å². The number of hydrogen-bond donors (Lipinski definition) is 3. The maximum Gasteiger partial charge on any atom is 0.279 e. The molecule has 3 heterocycles. The molecule has 216 valence electrons. The van der Waals surface area contributed by atoms with E-state index in [0.29, 0.717) is 41.8 Å². The van der Waals surface area contributed by atoms with Gasteiger partial charge < -0.3 is 20.7 Å². The third-order valence-corrected chi connectivity index (χ3v) is 7.73. The first-order valence-corrected chi connectivity index (χ1v) is 13.9. The molecule has 2 aromatic carbocycles. The number of carbonyl (C=O) groups is 2. The van der Waals surface area contributed by atoms with Gasteiger partial charge in [-0.2, -0.15) is 5.10 Å². The second-order valence-corrected chi connectivity index (χ2v) is 10.4. The van der Waals surface area contributed by atoms with Crippen LogP contribution in [0, 0.1) is 6.92 Å². The summed E-state index contributed by atoms with van der Waals surface area (Å²) in [6.07, 6.45) is 2.81. The van der Waals surface area contributed by atoms with E-state index in [1.165, 1.54) is 19.3 Å². The van der Waals surface area contributed by atoms with Crippen molar-refractivity contribution >= 4 is 29.1 Å². The molecule has 11 heteroatoms. The van der Waals surface area contributed by atoms with E-state index >= 15 is 0 Å². The zero-order chi connectivity index (χ0) is 29.8. The highest BCUT2D eigenvalue weighted by molar-refractivity contribution is 6.36. The van der Waals surface area contributed by atoms with Crippen molar-refractivity contribution in [3.05, 3.63) is 92.9 Å². The van der Waals surface area contributed by atoms with Gasteiger partial charge in [-0.3, -0.25) is 14.4 Å². The summed E-state index contributed by atoms with van der Waals surface area (Å²) in [5.74, 6) is 0.0604. The first kappa shape index (κ1) is 29.0. The normalized spacial score (nSPS) is 14.5. The fourth-order valence-corrected chi connectivity index (χ4v) is 5.34. The van der Waals surface area contributed by atoms with Gasteiger partial charge in [0.1, 0.15) is 5.56 Å². The van der Waals surface area contributed by atoms with Crippen LogP contribution in [-0.2, 0) is 18.4 Å². The van der Waals surface area contributed by atoms with Crippen LogP contribution in [0.15, 0.2) is 65.6 Å². The van der Waals surface area contributed by atoms with Gasteiger partial charge in [0.2, 0.25) is 11.8 Å². The van der Waals surface area contributed by atoms with Crippen LogP contribution in [0.4, 0.5) is 5.69 Å². The van der Waals surface area contributed by atoms with Crippen LogP contribution in [-0.4, -0.2) is 46.3 Å². The summed E-state index contributed by atoms with van der Waals surface area (Å²) in [6, 6.07) is 16.6. The van der Waals surface area contributed by atoms with Crippen LogP contribution in [0.3, 0.4) is 0 Å². The van der Waals surface area contributed by atoms with Crippen LogP contribution < -0.4 is 26.2 Å². The Bertz CT molecular complexity index is 1720. The molecular formula is C31H31ClN6O4. The molecule has 1 aliphatic rings. The largest absolute Gasteiger partial charge is 0.481 e. The molecule has 1 saturated heterocycles. The molecule has 2 aromatic heterocycles. The van der Waals surface area contributed by atoms with E-state index in [9.17, 15) is 14.4 Å². The van der Waals surface area contributed by atoms with Crippen LogP contribution >= 0.6 is 11.6 Å². The fraction of sp³-hybridized carbons (Fsp3) is 0.258. The maximum absolute atomic E-state index is 12.9. The first-order chi connectivity index (χ1) is 20.3. The topological polar surface area (TPSA) is 127 Å². The fourth-order valence-electron chi connectivity index (χ4n) is 5.01. The summed E-state index contributed by atoms with van der Waals surface area (Å²) in [5.41, 5.74) is 4.75. The lowest BCUT2D eigenvalue weighted by Gasteiger charge is -2.16. The number of rotatable bonds is 9. The zero-order valence-corrected chi connectivity index (χ0v) is 24.3. The number of pyridine rings is 1. The summed E-state index contributed by atoms with van der Waals surface area (Å²) >= 11 is 6.98. The Hall–Kier alpha value is -4.54. The van der Waals surface area contributed by atoms with Crippen LogP contribution in [0.1, 0.15) is 34.3 Å². The SMILES string of the molecule is COc1nc(-c2cccc(-c3cccc(NC(=O)c4ccnn(C)c4=O)c3C)c2Cl)ccc1CNC[C@@H]1CCC(=O)N1. The summed E-state index contributed by atoms with van der Waals surface area (Å²) < 4.78 is 6.71. The first-order valence-electron chi connectivity index (χ1n) is 13.5. The average Bonchev–Trinajstić information content (AvgIpc) is 3.40. The Morgan fingerprint density at radius 2 is 1.86 bits per heavy atom. The molecule has 10 nitrogen and oxygen atoms in total. The summed E-state index contributed by atoms with van der Waals surface area (Å²) in [4.78, 5) is 41.5. The van der Waals surface area contributed by atoms with E-state index in [2.05, 4.69) is 21.0 Å². The van der Waals surface area contributed by atoms with E-state index < -0.39 is 11.5 Å². The Morgan fingerprint density at radius 1 is 1.10 bits per heavy atom. The molecule has 2 amide bonds. The van der Waals surface area contributed by atoms with Crippen molar-refractivity contribution in [2.45, 2.75) is 32.4 Å². The van der Waals surface area contributed by atoms with Gasteiger partial charge in [0.15, 0.2) is 0 Å². The van der Waals surface area contributed by atoms with Crippen molar-refractivity contribution in [2.24, 2.45) is 7.05 Å². The lowest BCUT2D eigenvalue weighted by atomic mass is 9.96. The van der Waals surface area contributed by atoms with Gasteiger partial charge in [0, 0.05) is 61.2 Å². The molecule has 0 radical (unpaired) electrons. The number of halogens is 1. The van der Waals surface area contributed by atoms with Crippen molar-refractivity contribution in [1.82, 2.24) is 25.4 Å². The molecule has 42 heavy (non-hydrogen) atoms. The van der Waals surface area contributed by atoms with Crippen LogP contribution in [0.2, 0.25) is 5.02 Å².